The summed E-state index contributed by atoms with van der Waals surface area (Å²) in [4.78, 5) is 16.8. The molecule has 7 heteroatoms. The summed E-state index contributed by atoms with van der Waals surface area (Å²) < 4.78 is 46.0. The van der Waals surface area contributed by atoms with E-state index in [4.69, 9.17) is 4.74 Å². The molecule has 4 nitrogen and oxygen atoms in total. The van der Waals surface area contributed by atoms with Crippen LogP contribution in [0, 0.1) is 0 Å². The maximum atomic E-state index is 12.9. The summed E-state index contributed by atoms with van der Waals surface area (Å²) in [6, 6.07) is 8.37. The number of ether oxygens (including phenoxy) is 1. The minimum absolute atomic E-state index is 0.117. The number of rotatable bonds is 2. The second kappa shape index (κ2) is 6.11. The van der Waals surface area contributed by atoms with Crippen LogP contribution >= 0.6 is 0 Å². The molecule has 0 spiro atoms. The highest BCUT2D eigenvalue weighted by molar-refractivity contribution is 5.98. The van der Waals surface area contributed by atoms with E-state index in [0.29, 0.717) is 34.5 Å². The van der Waals surface area contributed by atoms with Crippen molar-refractivity contribution in [1.82, 2.24) is 9.55 Å². The molecule has 0 unspecified atom stereocenters. The molecule has 27 heavy (non-hydrogen) atoms. The Morgan fingerprint density at radius 2 is 1.81 bits per heavy atom. The van der Waals surface area contributed by atoms with Crippen LogP contribution in [-0.4, -0.2) is 16.2 Å². The van der Waals surface area contributed by atoms with Gasteiger partial charge in [0.25, 0.3) is 0 Å². The smallest absolute Gasteiger partial charge is 0.416 e. The van der Waals surface area contributed by atoms with Crippen molar-refractivity contribution in [1.29, 1.82) is 0 Å². The van der Waals surface area contributed by atoms with Crippen LogP contribution in [0.2, 0.25) is 0 Å². The van der Waals surface area contributed by atoms with Crippen molar-refractivity contribution in [2.45, 2.75) is 32.5 Å². The number of halogens is 3. The first kappa shape index (κ1) is 17.6. The van der Waals surface area contributed by atoms with E-state index in [1.165, 1.54) is 12.1 Å². The molecule has 2 heterocycles. The Kier molecular flexibility index (Phi) is 3.98. The lowest BCUT2D eigenvalue weighted by molar-refractivity contribution is -0.137. The second-order valence-electron chi connectivity index (χ2n) is 6.83. The molecule has 0 saturated heterocycles. The maximum Gasteiger partial charge on any atom is 0.416 e. The molecule has 0 bridgehead atoms. The molecule has 0 atom stereocenters. The molecule has 1 aliphatic rings. The number of aromatic nitrogens is 2. The third kappa shape index (κ3) is 2.87. The van der Waals surface area contributed by atoms with Crippen molar-refractivity contribution in [3.63, 3.8) is 0 Å². The highest BCUT2D eigenvalue weighted by Crippen LogP contribution is 2.39. The third-order valence-electron chi connectivity index (χ3n) is 4.75. The van der Waals surface area contributed by atoms with Crippen molar-refractivity contribution in [2.75, 3.05) is 6.61 Å². The molecule has 1 aromatic heterocycles. The van der Waals surface area contributed by atoms with Gasteiger partial charge in [-0.3, -0.25) is 4.57 Å². The van der Waals surface area contributed by atoms with Gasteiger partial charge in [0, 0.05) is 18.0 Å². The van der Waals surface area contributed by atoms with Crippen LogP contribution < -0.4 is 10.4 Å². The van der Waals surface area contributed by atoms with Crippen LogP contribution in [0.15, 0.2) is 41.2 Å². The molecule has 0 fully saturated rings. The Morgan fingerprint density at radius 1 is 1.11 bits per heavy atom. The van der Waals surface area contributed by atoms with Gasteiger partial charge in [-0.05, 0) is 37.6 Å². The van der Waals surface area contributed by atoms with Crippen LogP contribution in [0.1, 0.15) is 31.0 Å². The van der Waals surface area contributed by atoms with Gasteiger partial charge < -0.3 is 4.74 Å². The van der Waals surface area contributed by atoms with Crippen LogP contribution in [0.5, 0.6) is 5.75 Å². The van der Waals surface area contributed by atoms with Crippen molar-refractivity contribution in [3.05, 3.63) is 58.0 Å². The standard InChI is InChI=1S/C20H17F3N2O2/c1-11(2)25-15-8-5-13-9-10-27-18(13)16(15)17(24-19(25)26)12-3-6-14(7-4-12)20(21,22)23/h3-8,11H,9-10H2,1-2H3. The fraction of sp³-hybridized carbons (Fsp3) is 0.300. The van der Waals surface area contributed by atoms with Gasteiger partial charge in [-0.2, -0.15) is 18.2 Å². The summed E-state index contributed by atoms with van der Waals surface area (Å²) in [6.07, 6.45) is -3.67. The molecular formula is C20H17F3N2O2. The summed E-state index contributed by atoms with van der Waals surface area (Å²) >= 11 is 0. The fourth-order valence-electron chi connectivity index (χ4n) is 3.50. The highest BCUT2D eigenvalue weighted by atomic mass is 19.4. The van der Waals surface area contributed by atoms with E-state index in [2.05, 4.69) is 4.98 Å². The Bertz CT molecular complexity index is 1080. The van der Waals surface area contributed by atoms with Crippen LogP contribution in [0.25, 0.3) is 22.2 Å². The Balaban J connectivity index is 2.02. The molecule has 0 N–H and O–H groups in total. The average molecular weight is 374 g/mol. The van der Waals surface area contributed by atoms with Crippen molar-refractivity contribution in [2.24, 2.45) is 0 Å². The highest BCUT2D eigenvalue weighted by Gasteiger charge is 2.30. The van der Waals surface area contributed by atoms with E-state index in [9.17, 15) is 18.0 Å². The topological polar surface area (TPSA) is 44.1 Å². The van der Waals surface area contributed by atoms with E-state index in [1.807, 2.05) is 26.0 Å². The van der Waals surface area contributed by atoms with Gasteiger partial charge in [0.2, 0.25) is 0 Å². The van der Waals surface area contributed by atoms with Crippen LogP contribution in [0.4, 0.5) is 13.2 Å². The first-order valence-electron chi connectivity index (χ1n) is 8.66. The first-order chi connectivity index (χ1) is 12.8. The van der Waals surface area contributed by atoms with Crippen molar-refractivity contribution < 1.29 is 17.9 Å². The van der Waals surface area contributed by atoms with E-state index < -0.39 is 17.4 Å². The van der Waals surface area contributed by atoms with Gasteiger partial charge in [-0.1, -0.05) is 18.2 Å². The number of fused-ring (bicyclic) bond motifs is 3. The van der Waals surface area contributed by atoms with Gasteiger partial charge in [-0.15, -0.1) is 0 Å². The molecular weight excluding hydrogens is 357 g/mol. The largest absolute Gasteiger partial charge is 0.492 e. The summed E-state index contributed by atoms with van der Waals surface area (Å²) in [5.74, 6) is 0.657. The monoisotopic (exact) mass is 374 g/mol. The van der Waals surface area contributed by atoms with E-state index >= 15 is 0 Å². The normalized spacial score (nSPS) is 13.9. The fourth-order valence-corrected chi connectivity index (χ4v) is 3.50. The third-order valence-corrected chi connectivity index (χ3v) is 4.75. The zero-order valence-electron chi connectivity index (χ0n) is 14.8. The number of nitrogens with zero attached hydrogens (tertiary/aromatic N) is 2. The molecule has 0 aliphatic carbocycles. The quantitative estimate of drug-likeness (QED) is 0.659. The molecule has 2 aromatic carbocycles. The first-order valence-corrected chi connectivity index (χ1v) is 8.66. The number of alkyl halides is 3. The Hall–Kier alpha value is -2.83. The molecule has 4 rings (SSSR count). The van der Waals surface area contributed by atoms with Crippen molar-refractivity contribution >= 4 is 10.9 Å². The second-order valence-corrected chi connectivity index (χ2v) is 6.83. The van der Waals surface area contributed by atoms with Gasteiger partial charge in [0.15, 0.2) is 0 Å². The van der Waals surface area contributed by atoms with Gasteiger partial charge >= 0.3 is 11.9 Å². The Labute approximate surface area is 153 Å². The average Bonchev–Trinajstić information content (AvgIpc) is 3.08. The predicted octanol–water partition coefficient (Wildman–Crippen LogP) is 4.60. The number of hydrogen-bond acceptors (Lipinski definition) is 3. The predicted molar refractivity (Wildman–Crippen MR) is 96.0 cm³/mol. The minimum atomic E-state index is -4.42. The van der Waals surface area contributed by atoms with E-state index in [1.54, 1.807) is 4.57 Å². The zero-order valence-corrected chi connectivity index (χ0v) is 14.8. The summed E-state index contributed by atoms with van der Waals surface area (Å²) in [5, 5.41) is 0.665. The summed E-state index contributed by atoms with van der Waals surface area (Å²) in [5.41, 5.74) is 1.29. The summed E-state index contributed by atoms with van der Waals surface area (Å²) in [7, 11) is 0. The molecule has 1 aliphatic heterocycles. The molecule has 3 aromatic rings. The van der Waals surface area contributed by atoms with E-state index in [0.717, 1.165) is 24.1 Å². The number of hydrogen-bond donors (Lipinski definition) is 0. The molecule has 0 amide bonds. The lowest BCUT2D eigenvalue weighted by Gasteiger charge is -2.17. The lowest BCUT2D eigenvalue weighted by Crippen LogP contribution is -2.25. The molecule has 140 valence electrons. The minimum Gasteiger partial charge on any atom is -0.492 e. The zero-order chi connectivity index (χ0) is 19.3. The molecule has 0 saturated carbocycles. The van der Waals surface area contributed by atoms with Crippen LogP contribution in [-0.2, 0) is 12.6 Å². The Morgan fingerprint density at radius 3 is 2.44 bits per heavy atom. The molecule has 0 radical (unpaired) electrons. The van der Waals surface area contributed by atoms with Crippen molar-refractivity contribution in [3.8, 4) is 17.0 Å². The van der Waals surface area contributed by atoms with E-state index in [-0.39, 0.29) is 6.04 Å². The van der Waals surface area contributed by atoms with Gasteiger partial charge in [0.05, 0.1) is 28.8 Å². The maximum absolute atomic E-state index is 12.9. The number of benzene rings is 2. The SMILES string of the molecule is CC(C)n1c(=O)nc(-c2ccc(C(F)(F)F)cc2)c2c3c(ccc21)CCO3. The van der Waals surface area contributed by atoms with Gasteiger partial charge in [0.1, 0.15) is 5.75 Å². The van der Waals surface area contributed by atoms with Crippen LogP contribution in [0.3, 0.4) is 0 Å². The van der Waals surface area contributed by atoms with Gasteiger partial charge in [-0.25, -0.2) is 4.79 Å². The lowest BCUT2D eigenvalue weighted by atomic mass is 10.0. The summed E-state index contributed by atoms with van der Waals surface area (Å²) in [6.45, 7) is 4.30.